The molecule has 0 aromatic heterocycles. The molecule has 0 heterocycles. The number of halogens is 3. The summed E-state index contributed by atoms with van der Waals surface area (Å²) in [5.41, 5.74) is 7.14. The van der Waals surface area contributed by atoms with E-state index >= 15 is 0 Å². The molecule has 1 aromatic carbocycles. The molecule has 0 aliphatic carbocycles. The van der Waals surface area contributed by atoms with Gasteiger partial charge in [-0.25, -0.2) is 0 Å². The van der Waals surface area contributed by atoms with Crippen molar-refractivity contribution in [3.63, 3.8) is 0 Å². The van der Waals surface area contributed by atoms with Crippen LogP contribution >= 0.6 is 0 Å². The van der Waals surface area contributed by atoms with Crippen molar-refractivity contribution in [3.8, 4) is 0 Å². The maximum Gasteiger partial charge on any atom is 0.405 e. The molecule has 0 unspecified atom stereocenters. The first kappa shape index (κ1) is 15.3. The van der Waals surface area contributed by atoms with Crippen LogP contribution in [0.15, 0.2) is 18.2 Å². The van der Waals surface area contributed by atoms with Gasteiger partial charge < -0.3 is 10.6 Å². The summed E-state index contributed by atoms with van der Waals surface area (Å²) in [5.74, 6) is -0.0816. The Bertz CT molecular complexity index is 455. The minimum atomic E-state index is -4.23. The largest absolute Gasteiger partial charge is 0.405 e. The topological polar surface area (TPSA) is 53.1 Å². The number of nitrogens with two attached hydrogens (primary N) is 1. The van der Waals surface area contributed by atoms with Crippen molar-refractivity contribution in [3.05, 3.63) is 29.3 Å². The fourth-order valence-electron chi connectivity index (χ4n) is 1.93. The molecule has 0 aliphatic rings. The van der Waals surface area contributed by atoms with Crippen LogP contribution in [-0.4, -0.2) is 25.1 Å². The molecule has 0 radical (unpaired) electrons. The van der Waals surface area contributed by atoms with E-state index in [9.17, 15) is 13.2 Å². The van der Waals surface area contributed by atoms with E-state index in [-0.39, 0.29) is 5.84 Å². The van der Waals surface area contributed by atoms with Crippen LogP contribution in [0.3, 0.4) is 0 Å². The monoisotopic (exact) mass is 273 g/mol. The van der Waals surface area contributed by atoms with E-state index < -0.39 is 12.7 Å². The Morgan fingerprint density at radius 3 is 2.42 bits per heavy atom. The maximum absolute atomic E-state index is 12.5. The van der Waals surface area contributed by atoms with Crippen LogP contribution in [0.5, 0.6) is 0 Å². The van der Waals surface area contributed by atoms with Crippen molar-refractivity contribution in [2.75, 3.05) is 18.0 Å². The third-order valence-corrected chi connectivity index (χ3v) is 2.73. The Balaban J connectivity index is 3.03. The zero-order valence-electron chi connectivity index (χ0n) is 11.0. The second-order valence-corrected chi connectivity index (χ2v) is 4.45. The summed E-state index contributed by atoms with van der Waals surface area (Å²) in [6, 6.07) is 4.80. The van der Waals surface area contributed by atoms with Gasteiger partial charge >= 0.3 is 6.18 Å². The number of anilines is 1. The molecular weight excluding hydrogens is 255 g/mol. The Morgan fingerprint density at radius 2 is 2.00 bits per heavy atom. The second kappa shape index (κ2) is 5.95. The van der Waals surface area contributed by atoms with Crippen LogP contribution in [0.1, 0.15) is 24.5 Å². The molecule has 0 fully saturated rings. The summed E-state index contributed by atoms with van der Waals surface area (Å²) in [4.78, 5) is 1.29. The molecule has 0 amide bonds. The van der Waals surface area contributed by atoms with E-state index in [1.54, 1.807) is 25.1 Å². The molecule has 1 rings (SSSR count). The van der Waals surface area contributed by atoms with Crippen molar-refractivity contribution in [2.24, 2.45) is 5.73 Å². The average molecular weight is 273 g/mol. The maximum atomic E-state index is 12.5. The highest BCUT2D eigenvalue weighted by atomic mass is 19.4. The molecule has 6 heteroatoms. The summed E-state index contributed by atoms with van der Waals surface area (Å²) >= 11 is 0. The molecule has 0 spiro atoms. The van der Waals surface area contributed by atoms with E-state index in [1.165, 1.54) is 4.90 Å². The lowest BCUT2D eigenvalue weighted by Gasteiger charge is -2.26. The minimum Gasteiger partial charge on any atom is -0.384 e. The molecule has 1 aromatic rings. The molecule has 0 bridgehead atoms. The molecule has 0 aliphatic heterocycles. The van der Waals surface area contributed by atoms with Gasteiger partial charge in [-0.3, -0.25) is 5.41 Å². The third-order valence-electron chi connectivity index (χ3n) is 2.73. The molecule has 3 nitrogen and oxygen atoms in total. The van der Waals surface area contributed by atoms with Gasteiger partial charge in [0.25, 0.3) is 0 Å². The molecule has 106 valence electrons. The number of hydrogen-bond acceptors (Lipinski definition) is 2. The number of hydrogen-bond donors (Lipinski definition) is 2. The zero-order chi connectivity index (χ0) is 14.6. The first-order chi connectivity index (χ1) is 8.74. The number of amidine groups is 1. The Labute approximate surface area is 110 Å². The van der Waals surface area contributed by atoms with Crippen LogP contribution in [-0.2, 0) is 0 Å². The summed E-state index contributed by atoms with van der Waals surface area (Å²) in [5, 5.41) is 7.36. The highest BCUT2D eigenvalue weighted by Gasteiger charge is 2.30. The quantitative estimate of drug-likeness (QED) is 0.640. The van der Waals surface area contributed by atoms with E-state index in [1.807, 2.05) is 6.92 Å². The van der Waals surface area contributed by atoms with Crippen molar-refractivity contribution in [2.45, 2.75) is 26.4 Å². The molecule has 19 heavy (non-hydrogen) atoms. The fraction of sp³-hybridized carbons (Fsp3) is 0.462. The highest BCUT2D eigenvalue weighted by Crippen LogP contribution is 2.24. The van der Waals surface area contributed by atoms with Crippen molar-refractivity contribution in [1.82, 2.24) is 0 Å². The van der Waals surface area contributed by atoms with Gasteiger partial charge in [0, 0.05) is 17.8 Å². The predicted octanol–water partition coefficient (Wildman–Crippen LogP) is 3.06. The highest BCUT2D eigenvalue weighted by molar-refractivity contribution is 5.96. The molecule has 0 saturated carbocycles. The van der Waals surface area contributed by atoms with Crippen LogP contribution in [0.4, 0.5) is 18.9 Å². The summed E-state index contributed by atoms with van der Waals surface area (Å²) in [7, 11) is 0. The van der Waals surface area contributed by atoms with Crippen molar-refractivity contribution >= 4 is 11.5 Å². The number of benzene rings is 1. The van der Waals surface area contributed by atoms with Crippen LogP contribution in [0, 0.1) is 12.3 Å². The number of nitrogens with one attached hydrogen (secondary N) is 1. The smallest absolute Gasteiger partial charge is 0.384 e. The van der Waals surface area contributed by atoms with Crippen molar-refractivity contribution < 1.29 is 13.2 Å². The lowest BCUT2D eigenvalue weighted by Crippen LogP contribution is -2.35. The summed E-state index contributed by atoms with van der Waals surface area (Å²) < 4.78 is 37.6. The normalized spacial score (nSPS) is 11.4. The molecular formula is C13H18F3N3. The van der Waals surface area contributed by atoms with Gasteiger partial charge in [-0.2, -0.15) is 13.2 Å². The molecule has 0 saturated heterocycles. The zero-order valence-corrected chi connectivity index (χ0v) is 11.0. The van der Waals surface area contributed by atoms with Gasteiger partial charge in [0.15, 0.2) is 0 Å². The first-order valence-electron chi connectivity index (χ1n) is 6.01. The van der Waals surface area contributed by atoms with Gasteiger partial charge in [-0.1, -0.05) is 6.92 Å². The van der Waals surface area contributed by atoms with Crippen LogP contribution < -0.4 is 10.6 Å². The first-order valence-corrected chi connectivity index (χ1v) is 6.01. The molecule has 3 N–H and O–H groups in total. The Morgan fingerprint density at radius 1 is 1.37 bits per heavy atom. The van der Waals surface area contributed by atoms with Gasteiger partial charge in [-0.15, -0.1) is 0 Å². The second-order valence-electron chi connectivity index (χ2n) is 4.45. The van der Waals surface area contributed by atoms with E-state index in [0.717, 1.165) is 0 Å². The minimum absolute atomic E-state index is 0.0816. The van der Waals surface area contributed by atoms with E-state index in [4.69, 9.17) is 11.1 Å². The average Bonchev–Trinajstić information content (AvgIpc) is 2.26. The van der Waals surface area contributed by atoms with Crippen LogP contribution in [0.2, 0.25) is 0 Å². The summed E-state index contributed by atoms with van der Waals surface area (Å²) in [6.07, 6.45) is -3.61. The van der Waals surface area contributed by atoms with Crippen LogP contribution in [0.25, 0.3) is 0 Å². The number of nitrogen functional groups attached to an aromatic ring is 1. The SMILES string of the molecule is CCCN(CC(F)(F)F)c1ccc(C(=N)N)c(C)c1. The number of alkyl halides is 3. The fourth-order valence-corrected chi connectivity index (χ4v) is 1.93. The van der Waals surface area contributed by atoms with Crippen molar-refractivity contribution in [1.29, 1.82) is 5.41 Å². The lowest BCUT2D eigenvalue weighted by molar-refractivity contribution is -0.119. The van der Waals surface area contributed by atoms with Gasteiger partial charge in [-0.05, 0) is 37.1 Å². The van der Waals surface area contributed by atoms with Gasteiger partial charge in [0.05, 0.1) is 0 Å². The van der Waals surface area contributed by atoms with E-state index in [2.05, 4.69) is 0 Å². The number of aryl methyl sites for hydroxylation is 1. The van der Waals surface area contributed by atoms with Gasteiger partial charge in [0.1, 0.15) is 12.4 Å². The lowest BCUT2D eigenvalue weighted by atomic mass is 10.1. The number of rotatable bonds is 5. The standard InChI is InChI=1S/C13H18F3N3/c1-3-6-19(8-13(14,15)16)10-4-5-11(12(17)18)9(2)7-10/h4-5,7H,3,6,8H2,1-2H3,(H3,17,18). The van der Waals surface area contributed by atoms with E-state index in [0.29, 0.717) is 29.8 Å². The van der Waals surface area contributed by atoms with Gasteiger partial charge in [0.2, 0.25) is 0 Å². The summed E-state index contributed by atoms with van der Waals surface area (Å²) in [6.45, 7) is 2.93. The Kier molecular flexibility index (Phi) is 4.80. The third kappa shape index (κ3) is 4.46. The number of nitrogens with zero attached hydrogens (tertiary/aromatic N) is 1. The predicted molar refractivity (Wildman–Crippen MR) is 70.8 cm³/mol. The Hall–Kier alpha value is -1.72. The molecule has 0 atom stereocenters.